The molecular formula is C72H62. The third-order valence-corrected chi connectivity index (χ3v) is 15.9. The predicted octanol–water partition coefficient (Wildman–Crippen LogP) is 20.8. The van der Waals surface area contributed by atoms with Crippen molar-refractivity contribution in [2.45, 2.75) is 80.1 Å². The summed E-state index contributed by atoms with van der Waals surface area (Å²) < 4.78 is 0. The number of benzene rings is 12. The second kappa shape index (κ2) is 16.9. The van der Waals surface area contributed by atoms with E-state index in [9.17, 15) is 0 Å². The molecule has 0 atom stereocenters. The summed E-state index contributed by atoms with van der Waals surface area (Å²) in [6, 6.07) is 74.5. The zero-order valence-electron chi connectivity index (χ0n) is 43.5. The molecule has 0 nitrogen and oxygen atoms in total. The average Bonchev–Trinajstić information content (AvgIpc) is 3.37. The minimum Gasteiger partial charge on any atom is -0.0617 e. The quantitative estimate of drug-likeness (QED) is 0.151. The second-order valence-corrected chi connectivity index (χ2v) is 22.7. The minimum atomic E-state index is 0.0556. The molecule has 12 aromatic rings. The Bertz CT molecular complexity index is 4120. The Balaban J connectivity index is 1.14. The smallest absolute Gasteiger partial charge is 0.00923 e. The van der Waals surface area contributed by atoms with Crippen LogP contribution in [0.25, 0.3) is 120 Å². The Morgan fingerprint density at radius 3 is 0.903 bits per heavy atom. The SMILES string of the molecule is Cc1cccc(C)c1-c1cc2c3ccc(-c4ccc5c(c4)c(-c4ccc(C(C)(C)C)cc4)cc4c6ccccc6c(-c6ccc(C(C)(C)C)cc6)cc54)cc3c(-c3c(C)cccc3C)cc2c2ccccc12. The van der Waals surface area contributed by atoms with Gasteiger partial charge in [0, 0.05) is 0 Å². The van der Waals surface area contributed by atoms with E-state index >= 15 is 0 Å². The maximum absolute atomic E-state index is 2.50. The lowest BCUT2D eigenvalue weighted by Gasteiger charge is -2.21. The topological polar surface area (TPSA) is 0 Å². The van der Waals surface area contributed by atoms with Crippen LogP contribution < -0.4 is 0 Å². The van der Waals surface area contributed by atoms with Crippen LogP contribution in [0.3, 0.4) is 0 Å². The molecule has 0 heterocycles. The van der Waals surface area contributed by atoms with Gasteiger partial charge in [-0.05, 0) is 229 Å². The van der Waals surface area contributed by atoms with Crippen LogP contribution in [0.2, 0.25) is 0 Å². The molecule has 0 heteroatoms. The monoisotopic (exact) mass is 926 g/mol. The van der Waals surface area contributed by atoms with E-state index in [0.29, 0.717) is 0 Å². The van der Waals surface area contributed by atoms with E-state index < -0.39 is 0 Å². The van der Waals surface area contributed by atoms with Gasteiger partial charge < -0.3 is 0 Å². The van der Waals surface area contributed by atoms with Gasteiger partial charge in [0.15, 0.2) is 0 Å². The summed E-state index contributed by atoms with van der Waals surface area (Å²) in [6.45, 7) is 22.8. The summed E-state index contributed by atoms with van der Waals surface area (Å²) in [7, 11) is 0. The van der Waals surface area contributed by atoms with Crippen LogP contribution in [0.5, 0.6) is 0 Å². The van der Waals surface area contributed by atoms with E-state index in [0.717, 1.165) is 0 Å². The average molecular weight is 927 g/mol. The summed E-state index contributed by atoms with van der Waals surface area (Å²) in [6.07, 6.45) is 0. The van der Waals surface area contributed by atoms with Crippen LogP contribution in [0.4, 0.5) is 0 Å². The Morgan fingerprint density at radius 2 is 0.514 bits per heavy atom. The highest BCUT2D eigenvalue weighted by Gasteiger charge is 2.22. The molecule has 0 fully saturated rings. The van der Waals surface area contributed by atoms with E-state index in [1.807, 2.05) is 0 Å². The van der Waals surface area contributed by atoms with Gasteiger partial charge in [0.25, 0.3) is 0 Å². The van der Waals surface area contributed by atoms with Crippen molar-refractivity contribution in [2.24, 2.45) is 0 Å². The molecule has 0 amide bonds. The van der Waals surface area contributed by atoms with Crippen LogP contribution >= 0.6 is 0 Å². The van der Waals surface area contributed by atoms with E-state index in [4.69, 9.17) is 0 Å². The van der Waals surface area contributed by atoms with Gasteiger partial charge in [0.1, 0.15) is 0 Å². The number of aryl methyl sites for hydroxylation is 4. The molecule has 350 valence electrons. The first kappa shape index (κ1) is 45.3. The zero-order valence-corrected chi connectivity index (χ0v) is 43.5. The predicted molar refractivity (Wildman–Crippen MR) is 315 cm³/mol. The van der Waals surface area contributed by atoms with Crippen molar-refractivity contribution < 1.29 is 0 Å². The molecule has 0 aliphatic heterocycles. The van der Waals surface area contributed by atoms with Crippen molar-refractivity contribution in [3.8, 4) is 55.6 Å². The molecule has 0 spiro atoms. The summed E-state index contributed by atoms with van der Waals surface area (Å²) in [5.41, 5.74) is 20.6. The molecule has 0 aliphatic rings. The molecule has 0 saturated heterocycles. The van der Waals surface area contributed by atoms with E-state index in [2.05, 4.69) is 263 Å². The van der Waals surface area contributed by atoms with Crippen molar-refractivity contribution in [3.63, 3.8) is 0 Å². The molecule has 12 rings (SSSR count). The van der Waals surface area contributed by atoms with Crippen LogP contribution in [0.15, 0.2) is 194 Å². The third kappa shape index (κ3) is 7.50. The summed E-state index contributed by atoms with van der Waals surface area (Å²) in [5.74, 6) is 0. The summed E-state index contributed by atoms with van der Waals surface area (Å²) >= 11 is 0. The van der Waals surface area contributed by atoms with E-state index in [1.165, 1.54) is 154 Å². The van der Waals surface area contributed by atoms with Crippen molar-refractivity contribution in [1.29, 1.82) is 0 Å². The standard InChI is InChI=1S/C72H62/c1-43-17-15-18-44(2)69(43)67-41-66-58-36-30-50(38-62(58)68(70-45(3)19-16-20-46(70)4)42-65(66)55-23-13-14-24-56(55)67)49-29-35-57-61(37-49)60(48-27-33-52(34-28-48)72(8,9)10)40-63-54-22-12-11-21-53(54)59(39-64(57)63)47-25-31-51(32-26-47)71(5,6)7/h11-42H,1-10H3. The highest BCUT2D eigenvalue weighted by molar-refractivity contribution is 6.26. The molecule has 0 unspecified atom stereocenters. The fraction of sp³-hybridized carbons (Fsp3) is 0.167. The Labute approximate surface area is 425 Å². The first-order valence-corrected chi connectivity index (χ1v) is 25.8. The van der Waals surface area contributed by atoms with Crippen LogP contribution in [0, 0.1) is 27.7 Å². The zero-order chi connectivity index (χ0) is 49.8. The van der Waals surface area contributed by atoms with Crippen LogP contribution in [0.1, 0.15) is 74.9 Å². The van der Waals surface area contributed by atoms with E-state index in [1.54, 1.807) is 0 Å². The van der Waals surface area contributed by atoms with Crippen LogP contribution in [-0.2, 0) is 10.8 Å². The van der Waals surface area contributed by atoms with Gasteiger partial charge in [0.05, 0.1) is 0 Å². The highest BCUT2D eigenvalue weighted by Crippen LogP contribution is 2.47. The first-order valence-electron chi connectivity index (χ1n) is 25.8. The lowest BCUT2D eigenvalue weighted by atomic mass is 9.83. The van der Waals surface area contributed by atoms with Gasteiger partial charge in [-0.25, -0.2) is 0 Å². The van der Waals surface area contributed by atoms with Gasteiger partial charge in [-0.15, -0.1) is 0 Å². The molecule has 12 aromatic carbocycles. The van der Waals surface area contributed by atoms with Gasteiger partial charge in [-0.2, -0.15) is 0 Å². The maximum Gasteiger partial charge on any atom is -0.00923 e. The molecule has 0 aliphatic carbocycles. The first-order chi connectivity index (χ1) is 34.6. The lowest BCUT2D eigenvalue weighted by Crippen LogP contribution is -2.10. The highest BCUT2D eigenvalue weighted by atomic mass is 14.3. The number of fused-ring (bicyclic) bond motifs is 10. The molecular weight excluding hydrogens is 865 g/mol. The lowest BCUT2D eigenvalue weighted by molar-refractivity contribution is 0.590. The fourth-order valence-corrected chi connectivity index (χ4v) is 12.0. The van der Waals surface area contributed by atoms with Crippen molar-refractivity contribution in [2.75, 3.05) is 0 Å². The Kier molecular flexibility index (Phi) is 10.7. The fourth-order valence-electron chi connectivity index (χ4n) is 12.0. The largest absolute Gasteiger partial charge is 0.0617 e. The molecule has 0 saturated carbocycles. The van der Waals surface area contributed by atoms with Crippen LogP contribution in [-0.4, -0.2) is 0 Å². The van der Waals surface area contributed by atoms with Gasteiger partial charge in [0.2, 0.25) is 0 Å². The second-order valence-electron chi connectivity index (χ2n) is 22.7. The minimum absolute atomic E-state index is 0.0556. The van der Waals surface area contributed by atoms with Crippen molar-refractivity contribution >= 4 is 64.6 Å². The Morgan fingerprint density at radius 1 is 0.222 bits per heavy atom. The summed E-state index contributed by atoms with van der Waals surface area (Å²) in [5, 5.41) is 15.3. The van der Waals surface area contributed by atoms with Gasteiger partial charge in [-0.3, -0.25) is 0 Å². The van der Waals surface area contributed by atoms with E-state index in [-0.39, 0.29) is 10.8 Å². The third-order valence-electron chi connectivity index (χ3n) is 15.9. The number of hydrogen-bond donors (Lipinski definition) is 0. The molecule has 0 bridgehead atoms. The molecule has 0 aromatic heterocycles. The van der Waals surface area contributed by atoms with Crippen molar-refractivity contribution in [3.05, 3.63) is 228 Å². The number of rotatable bonds is 5. The normalized spacial score (nSPS) is 12.3. The maximum atomic E-state index is 2.50. The Hall–Kier alpha value is -7.80. The van der Waals surface area contributed by atoms with Gasteiger partial charge >= 0.3 is 0 Å². The number of hydrogen-bond acceptors (Lipinski definition) is 0. The molecule has 0 N–H and O–H groups in total. The summed E-state index contributed by atoms with van der Waals surface area (Å²) in [4.78, 5) is 0. The van der Waals surface area contributed by atoms with Crippen molar-refractivity contribution in [1.82, 2.24) is 0 Å². The molecule has 72 heavy (non-hydrogen) atoms. The van der Waals surface area contributed by atoms with Gasteiger partial charge in [-0.1, -0.05) is 199 Å². The molecule has 0 radical (unpaired) electrons.